The van der Waals surface area contributed by atoms with E-state index in [-0.39, 0.29) is 16.5 Å². The lowest BCUT2D eigenvalue weighted by Gasteiger charge is -2.27. The van der Waals surface area contributed by atoms with Crippen molar-refractivity contribution >= 4 is 10.0 Å². The normalized spacial score (nSPS) is 15.2. The van der Waals surface area contributed by atoms with Gasteiger partial charge in [-0.1, -0.05) is 20.8 Å². The monoisotopic (exact) mass is 231 g/mol. The van der Waals surface area contributed by atoms with E-state index in [1.54, 1.807) is 0 Å². The average molecular weight is 231 g/mol. The molecule has 0 saturated heterocycles. The van der Waals surface area contributed by atoms with Crippen molar-refractivity contribution in [1.29, 1.82) is 0 Å². The maximum atomic E-state index is 11.8. The number of aromatic nitrogens is 2. The van der Waals surface area contributed by atoms with Gasteiger partial charge in [0.1, 0.15) is 0 Å². The molecule has 0 saturated carbocycles. The molecule has 0 aliphatic carbocycles. The van der Waals surface area contributed by atoms with Crippen LogP contribution >= 0.6 is 0 Å². The van der Waals surface area contributed by atoms with Crippen LogP contribution in [0.1, 0.15) is 27.7 Å². The molecule has 0 spiro atoms. The van der Waals surface area contributed by atoms with E-state index in [2.05, 4.69) is 14.9 Å². The van der Waals surface area contributed by atoms with Crippen LogP contribution in [0.25, 0.3) is 0 Å². The fraction of sp³-hybridized carbons (Fsp3) is 0.667. The quantitative estimate of drug-likeness (QED) is 0.818. The molecule has 0 radical (unpaired) electrons. The lowest BCUT2D eigenvalue weighted by molar-refractivity contribution is 0.317. The van der Waals surface area contributed by atoms with Crippen LogP contribution in [0.5, 0.6) is 0 Å². The first-order chi connectivity index (χ1) is 6.73. The Bertz CT molecular complexity index is 403. The molecule has 0 aromatic carbocycles. The topological polar surface area (TPSA) is 74.8 Å². The Balaban J connectivity index is 2.84. The van der Waals surface area contributed by atoms with Crippen LogP contribution in [0.2, 0.25) is 0 Å². The van der Waals surface area contributed by atoms with Gasteiger partial charge in [0.2, 0.25) is 0 Å². The molecule has 15 heavy (non-hydrogen) atoms. The number of rotatable bonds is 3. The Labute approximate surface area is 90.3 Å². The van der Waals surface area contributed by atoms with Crippen LogP contribution < -0.4 is 4.72 Å². The van der Waals surface area contributed by atoms with Gasteiger partial charge in [0.15, 0.2) is 5.03 Å². The van der Waals surface area contributed by atoms with Crippen molar-refractivity contribution in [3.63, 3.8) is 0 Å². The highest BCUT2D eigenvalue weighted by molar-refractivity contribution is 7.89. The average Bonchev–Trinajstić information content (AvgIpc) is 2.52. The lowest BCUT2D eigenvalue weighted by Crippen LogP contribution is -2.41. The second-order valence-electron chi connectivity index (χ2n) is 4.63. The molecular formula is C9H17N3O2S. The smallest absolute Gasteiger partial charge is 0.257 e. The number of hydrogen-bond acceptors (Lipinski definition) is 3. The molecule has 0 fully saturated rings. The standard InChI is InChI=1S/C9H17N3O2S/c1-7(9(2,3)4)12-15(13,14)8-5-6-10-11-8/h5-7,12H,1-4H3,(H,10,11). The predicted octanol–water partition coefficient (Wildman–Crippen LogP) is 1.12. The molecule has 6 heteroatoms. The zero-order chi connectivity index (χ0) is 11.7. The predicted molar refractivity (Wildman–Crippen MR) is 57.8 cm³/mol. The second-order valence-corrected chi connectivity index (χ2v) is 6.31. The summed E-state index contributed by atoms with van der Waals surface area (Å²) in [6, 6.07) is 1.28. The third kappa shape index (κ3) is 3.04. The molecule has 1 unspecified atom stereocenters. The number of nitrogens with one attached hydrogen (secondary N) is 2. The van der Waals surface area contributed by atoms with Crippen molar-refractivity contribution in [3.05, 3.63) is 12.3 Å². The van der Waals surface area contributed by atoms with Crippen molar-refractivity contribution in [1.82, 2.24) is 14.9 Å². The van der Waals surface area contributed by atoms with Crippen LogP contribution in [-0.4, -0.2) is 24.7 Å². The summed E-state index contributed by atoms with van der Waals surface area (Å²) in [6.07, 6.45) is 1.41. The van der Waals surface area contributed by atoms with Gasteiger partial charge in [-0.3, -0.25) is 5.10 Å². The summed E-state index contributed by atoms with van der Waals surface area (Å²) in [6.45, 7) is 7.78. The summed E-state index contributed by atoms with van der Waals surface area (Å²) in [5.74, 6) is 0. The minimum atomic E-state index is -3.47. The van der Waals surface area contributed by atoms with E-state index in [1.165, 1.54) is 12.3 Å². The molecule has 1 aromatic heterocycles. The van der Waals surface area contributed by atoms with Crippen molar-refractivity contribution in [2.45, 2.75) is 38.8 Å². The lowest BCUT2D eigenvalue weighted by atomic mass is 9.89. The maximum Gasteiger partial charge on any atom is 0.257 e. The zero-order valence-electron chi connectivity index (χ0n) is 9.40. The highest BCUT2D eigenvalue weighted by Gasteiger charge is 2.26. The number of nitrogens with zero attached hydrogens (tertiary/aromatic N) is 1. The Morgan fingerprint density at radius 1 is 1.47 bits per heavy atom. The summed E-state index contributed by atoms with van der Waals surface area (Å²) in [4.78, 5) is 0. The molecule has 0 bridgehead atoms. The first kappa shape index (κ1) is 12.2. The summed E-state index contributed by atoms with van der Waals surface area (Å²) in [7, 11) is -3.47. The van der Waals surface area contributed by atoms with Crippen LogP contribution in [-0.2, 0) is 10.0 Å². The molecule has 1 heterocycles. The van der Waals surface area contributed by atoms with Crippen LogP contribution in [0, 0.1) is 5.41 Å². The maximum absolute atomic E-state index is 11.8. The van der Waals surface area contributed by atoms with Crippen molar-refractivity contribution in [3.8, 4) is 0 Å². The van der Waals surface area contributed by atoms with Gasteiger partial charge in [0.25, 0.3) is 10.0 Å². The van der Waals surface area contributed by atoms with E-state index < -0.39 is 10.0 Å². The molecule has 0 aliphatic heterocycles. The summed E-state index contributed by atoms with van der Waals surface area (Å²) < 4.78 is 26.1. The third-order valence-electron chi connectivity index (χ3n) is 2.40. The number of sulfonamides is 1. The van der Waals surface area contributed by atoms with E-state index in [4.69, 9.17) is 0 Å². The number of aromatic amines is 1. The molecule has 86 valence electrons. The first-order valence-electron chi connectivity index (χ1n) is 4.75. The van der Waals surface area contributed by atoms with Gasteiger partial charge < -0.3 is 0 Å². The van der Waals surface area contributed by atoms with E-state index in [0.29, 0.717) is 0 Å². The Morgan fingerprint density at radius 3 is 2.47 bits per heavy atom. The first-order valence-corrected chi connectivity index (χ1v) is 6.23. The van der Waals surface area contributed by atoms with Gasteiger partial charge >= 0.3 is 0 Å². The van der Waals surface area contributed by atoms with E-state index in [1.807, 2.05) is 27.7 Å². The fourth-order valence-electron chi connectivity index (χ4n) is 0.866. The fourth-order valence-corrected chi connectivity index (χ4v) is 2.22. The van der Waals surface area contributed by atoms with Crippen molar-refractivity contribution in [2.75, 3.05) is 0 Å². The SMILES string of the molecule is CC(NS(=O)(=O)c1ccn[nH]1)C(C)(C)C. The van der Waals surface area contributed by atoms with Crippen LogP contribution in [0.4, 0.5) is 0 Å². The van der Waals surface area contributed by atoms with Gasteiger partial charge in [0, 0.05) is 6.04 Å². The molecule has 0 amide bonds. The van der Waals surface area contributed by atoms with E-state index >= 15 is 0 Å². The molecular weight excluding hydrogens is 214 g/mol. The number of hydrogen-bond donors (Lipinski definition) is 2. The largest absolute Gasteiger partial charge is 0.266 e. The van der Waals surface area contributed by atoms with Gasteiger partial charge in [-0.25, -0.2) is 13.1 Å². The van der Waals surface area contributed by atoms with Gasteiger partial charge in [-0.15, -0.1) is 0 Å². The minimum absolute atomic E-state index is 0.0959. The molecule has 1 aromatic rings. The summed E-state index contributed by atoms with van der Waals surface area (Å²) in [5.41, 5.74) is -0.118. The van der Waals surface area contributed by atoms with Crippen LogP contribution in [0.15, 0.2) is 17.3 Å². The summed E-state index contributed by atoms with van der Waals surface area (Å²) >= 11 is 0. The second kappa shape index (κ2) is 3.94. The van der Waals surface area contributed by atoms with E-state index in [0.717, 1.165) is 0 Å². The minimum Gasteiger partial charge on any atom is -0.266 e. The molecule has 5 nitrogen and oxygen atoms in total. The molecule has 2 N–H and O–H groups in total. The van der Waals surface area contributed by atoms with Crippen LogP contribution in [0.3, 0.4) is 0 Å². The van der Waals surface area contributed by atoms with Crippen molar-refractivity contribution < 1.29 is 8.42 Å². The third-order valence-corrected chi connectivity index (χ3v) is 3.87. The highest BCUT2D eigenvalue weighted by Crippen LogP contribution is 2.20. The van der Waals surface area contributed by atoms with E-state index in [9.17, 15) is 8.42 Å². The van der Waals surface area contributed by atoms with Crippen molar-refractivity contribution in [2.24, 2.45) is 5.41 Å². The molecule has 1 rings (SSSR count). The van der Waals surface area contributed by atoms with Gasteiger partial charge in [0.05, 0.1) is 6.20 Å². The van der Waals surface area contributed by atoms with Gasteiger partial charge in [-0.05, 0) is 18.4 Å². The molecule has 0 aliphatic rings. The summed E-state index contributed by atoms with van der Waals surface area (Å²) in [5, 5.41) is 6.14. The zero-order valence-corrected chi connectivity index (χ0v) is 10.2. The Kier molecular flexibility index (Phi) is 3.20. The Morgan fingerprint density at radius 2 is 2.07 bits per heavy atom. The number of H-pyrrole nitrogens is 1. The van der Waals surface area contributed by atoms with Gasteiger partial charge in [-0.2, -0.15) is 5.10 Å². The molecule has 1 atom stereocenters. The highest BCUT2D eigenvalue weighted by atomic mass is 32.2. The Hall–Kier alpha value is -0.880.